The Labute approximate surface area is 130 Å². The molecule has 0 spiro atoms. The molecule has 0 fully saturated rings. The summed E-state index contributed by atoms with van der Waals surface area (Å²) in [7, 11) is 0. The van der Waals surface area contributed by atoms with Crippen molar-refractivity contribution in [3.8, 4) is 5.75 Å². The summed E-state index contributed by atoms with van der Waals surface area (Å²) >= 11 is 0. The number of carbonyl (C=O) groups excluding carboxylic acids is 1. The maximum absolute atomic E-state index is 11.7. The first kappa shape index (κ1) is 17.8. The molecule has 6 nitrogen and oxygen atoms in total. The molecule has 122 valence electrons. The molecule has 0 radical (unpaired) electrons. The Hall–Kier alpha value is -2.24. The standard InChI is InChI=1S/C16H23NO5/c1-15(2,3)22-14(21)17-10-6-7-11(12(18)8-10)16(4,5)9-13(19)20/h6-8,18H,9H2,1-5H3,(H,17,21)(H,19,20). The molecule has 0 aliphatic rings. The van der Waals surface area contributed by atoms with E-state index < -0.39 is 23.1 Å². The van der Waals surface area contributed by atoms with Crippen LogP contribution in [-0.2, 0) is 14.9 Å². The maximum Gasteiger partial charge on any atom is 0.412 e. The number of aromatic hydroxyl groups is 1. The zero-order valence-corrected chi connectivity index (χ0v) is 13.6. The SMILES string of the molecule is CC(C)(C)OC(=O)Nc1ccc(C(C)(C)CC(=O)O)c(O)c1. The van der Waals surface area contributed by atoms with Gasteiger partial charge in [0.25, 0.3) is 0 Å². The first-order valence-electron chi connectivity index (χ1n) is 6.96. The number of amides is 1. The molecule has 0 aromatic heterocycles. The number of rotatable bonds is 4. The summed E-state index contributed by atoms with van der Waals surface area (Å²) < 4.78 is 5.12. The second kappa shape index (κ2) is 6.25. The molecule has 0 saturated carbocycles. The van der Waals surface area contributed by atoms with Crippen molar-refractivity contribution in [2.45, 2.75) is 52.1 Å². The van der Waals surface area contributed by atoms with Crippen molar-refractivity contribution in [3.05, 3.63) is 23.8 Å². The van der Waals surface area contributed by atoms with Gasteiger partial charge in [0, 0.05) is 22.7 Å². The van der Waals surface area contributed by atoms with Crippen molar-refractivity contribution in [3.63, 3.8) is 0 Å². The molecule has 0 bridgehead atoms. The van der Waals surface area contributed by atoms with E-state index in [1.807, 2.05) is 0 Å². The lowest BCUT2D eigenvalue weighted by atomic mass is 9.81. The van der Waals surface area contributed by atoms with E-state index in [-0.39, 0.29) is 12.2 Å². The van der Waals surface area contributed by atoms with Crippen LogP contribution in [0.1, 0.15) is 46.6 Å². The monoisotopic (exact) mass is 309 g/mol. The van der Waals surface area contributed by atoms with Crippen LogP contribution in [0.2, 0.25) is 0 Å². The van der Waals surface area contributed by atoms with Crippen molar-refractivity contribution in [1.82, 2.24) is 0 Å². The molecule has 1 aromatic rings. The number of hydrogen-bond acceptors (Lipinski definition) is 4. The first-order chi connectivity index (χ1) is 9.90. The third-order valence-corrected chi connectivity index (χ3v) is 2.97. The highest BCUT2D eigenvalue weighted by molar-refractivity contribution is 5.85. The van der Waals surface area contributed by atoms with Gasteiger partial charge in [0.1, 0.15) is 11.4 Å². The van der Waals surface area contributed by atoms with Crippen LogP contribution in [0.25, 0.3) is 0 Å². The lowest BCUT2D eigenvalue weighted by molar-refractivity contribution is -0.138. The Morgan fingerprint density at radius 1 is 1.18 bits per heavy atom. The largest absolute Gasteiger partial charge is 0.508 e. The van der Waals surface area contributed by atoms with Crippen LogP contribution in [0.5, 0.6) is 5.75 Å². The molecule has 1 amide bonds. The Morgan fingerprint density at radius 2 is 1.77 bits per heavy atom. The van der Waals surface area contributed by atoms with E-state index in [2.05, 4.69) is 5.32 Å². The highest BCUT2D eigenvalue weighted by Gasteiger charge is 2.27. The van der Waals surface area contributed by atoms with Gasteiger partial charge in [-0.2, -0.15) is 0 Å². The number of hydrogen-bond donors (Lipinski definition) is 3. The van der Waals surface area contributed by atoms with Crippen LogP contribution >= 0.6 is 0 Å². The van der Waals surface area contributed by atoms with E-state index in [1.165, 1.54) is 6.07 Å². The normalized spacial score (nSPS) is 11.9. The third-order valence-electron chi connectivity index (χ3n) is 2.97. The van der Waals surface area contributed by atoms with Gasteiger partial charge in [0.05, 0.1) is 6.42 Å². The molecule has 1 aromatic carbocycles. The second-order valence-electron chi connectivity index (χ2n) is 6.81. The number of anilines is 1. The van der Waals surface area contributed by atoms with Crippen LogP contribution in [-0.4, -0.2) is 27.9 Å². The average molecular weight is 309 g/mol. The minimum Gasteiger partial charge on any atom is -0.508 e. The number of phenolic OH excluding ortho intramolecular Hbond substituents is 1. The van der Waals surface area contributed by atoms with E-state index in [1.54, 1.807) is 46.8 Å². The molecule has 0 atom stereocenters. The summed E-state index contributed by atoms with van der Waals surface area (Å²) in [5.41, 5.74) is -0.457. The zero-order chi connectivity index (χ0) is 17.1. The Balaban J connectivity index is 2.90. The molecule has 0 heterocycles. The predicted molar refractivity (Wildman–Crippen MR) is 83.2 cm³/mol. The fraction of sp³-hybridized carbons (Fsp3) is 0.500. The van der Waals surface area contributed by atoms with Gasteiger partial charge in [-0.05, 0) is 26.8 Å². The van der Waals surface area contributed by atoms with Crippen LogP contribution in [0.4, 0.5) is 10.5 Å². The van der Waals surface area contributed by atoms with Crippen LogP contribution in [0.15, 0.2) is 18.2 Å². The van der Waals surface area contributed by atoms with Gasteiger partial charge in [-0.15, -0.1) is 0 Å². The van der Waals surface area contributed by atoms with Crippen LogP contribution in [0, 0.1) is 0 Å². The fourth-order valence-electron chi connectivity index (χ4n) is 2.08. The number of aliphatic carboxylic acids is 1. The third kappa shape index (κ3) is 5.27. The van der Waals surface area contributed by atoms with Gasteiger partial charge >= 0.3 is 12.1 Å². The minimum atomic E-state index is -0.944. The summed E-state index contributed by atoms with van der Waals surface area (Å²) in [4.78, 5) is 22.6. The smallest absolute Gasteiger partial charge is 0.412 e. The molecular weight excluding hydrogens is 286 g/mol. The van der Waals surface area contributed by atoms with E-state index in [9.17, 15) is 14.7 Å². The van der Waals surface area contributed by atoms with E-state index >= 15 is 0 Å². The molecule has 22 heavy (non-hydrogen) atoms. The molecular formula is C16H23NO5. The average Bonchev–Trinajstić information content (AvgIpc) is 2.23. The van der Waals surface area contributed by atoms with Crippen molar-refractivity contribution < 1.29 is 24.5 Å². The Kier molecular flexibility index (Phi) is 5.06. The molecule has 6 heteroatoms. The fourth-order valence-corrected chi connectivity index (χ4v) is 2.08. The molecule has 0 aliphatic carbocycles. The van der Waals surface area contributed by atoms with Gasteiger partial charge in [0.2, 0.25) is 0 Å². The number of carboxylic acid groups (broad SMARTS) is 1. The minimum absolute atomic E-state index is 0.0696. The predicted octanol–water partition coefficient (Wildman–Crippen LogP) is 3.49. The quantitative estimate of drug-likeness (QED) is 0.791. The van der Waals surface area contributed by atoms with Gasteiger partial charge in [-0.25, -0.2) is 4.79 Å². The van der Waals surface area contributed by atoms with Crippen LogP contribution in [0.3, 0.4) is 0 Å². The Bertz CT molecular complexity index is 572. The summed E-state index contributed by atoms with van der Waals surface area (Å²) in [5, 5.41) is 21.5. The van der Waals surface area contributed by atoms with Crippen LogP contribution < -0.4 is 5.32 Å². The van der Waals surface area contributed by atoms with Gasteiger partial charge in [-0.3, -0.25) is 10.1 Å². The number of benzene rings is 1. The lowest BCUT2D eigenvalue weighted by Gasteiger charge is -2.24. The summed E-state index contributed by atoms with van der Waals surface area (Å²) in [6, 6.07) is 4.58. The lowest BCUT2D eigenvalue weighted by Crippen LogP contribution is -2.27. The van der Waals surface area contributed by atoms with Gasteiger partial charge in [-0.1, -0.05) is 19.9 Å². The second-order valence-corrected chi connectivity index (χ2v) is 6.81. The number of carbonyl (C=O) groups is 2. The van der Waals surface area contributed by atoms with Crippen molar-refractivity contribution in [2.75, 3.05) is 5.32 Å². The molecule has 0 unspecified atom stereocenters. The van der Waals surface area contributed by atoms with Crippen molar-refractivity contribution in [1.29, 1.82) is 0 Å². The number of nitrogens with one attached hydrogen (secondary N) is 1. The maximum atomic E-state index is 11.7. The van der Waals surface area contributed by atoms with E-state index in [4.69, 9.17) is 9.84 Å². The summed E-state index contributed by atoms with van der Waals surface area (Å²) in [6.07, 6.45) is -0.733. The van der Waals surface area contributed by atoms with Gasteiger partial charge in [0.15, 0.2) is 0 Å². The zero-order valence-electron chi connectivity index (χ0n) is 13.6. The molecule has 0 saturated heterocycles. The van der Waals surface area contributed by atoms with E-state index in [0.717, 1.165) is 0 Å². The number of carboxylic acids is 1. The number of ether oxygens (including phenoxy) is 1. The first-order valence-corrected chi connectivity index (χ1v) is 6.96. The molecule has 3 N–H and O–H groups in total. The highest BCUT2D eigenvalue weighted by atomic mass is 16.6. The van der Waals surface area contributed by atoms with Gasteiger partial charge < -0.3 is 14.9 Å². The Morgan fingerprint density at radius 3 is 2.23 bits per heavy atom. The highest BCUT2D eigenvalue weighted by Crippen LogP contribution is 2.35. The molecule has 1 rings (SSSR count). The number of phenols is 1. The summed E-state index contributed by atoms with van der Waals surface area (Å²) in [6.45, 7) is 8.72. The van der Waals surface area contributed by atoms with E-state index in [0.29, 0.717) is 11.3 Å². The summed E-state index contributed by atoms with van der Waals surface area (Å²) in [5.74, 6) is -1.01. The van der Waals surface area contributed by atoms with Crippen molar-refractivity contribution >= 4 is 17.7 Å². The topological polar surface area (TPSA) is 95.9 Å². The van der Waals surface area contributed by atoms with Crippen molar-refractivity contribution in [2.24, 2.45) is 0 Å². The molecule has 0 aliphatic heterocycles.